The summed E-state index contributed by atoms with van der Waals surface area (Å²) in [6.07, 6.45) is -0.193. The average Bonchev–Trinajstić information content (AvgIpc) is 3.11. The van der Waals surface area contributed by atoms with Crippen LogP contribution in [0.15, 0.2) is 51.8 Å². The van der Waals surface area contributed by atoms with E-state index >= 15 is 0 Å². The van der Waals surface area contributed by atoms with Crippen molar-refractivity contribution in [2.24, 2.45) is 0 Å². The molecule has 1 fully saturated rings. The van der Waals surface area contributed by atoms with Crippen LogP contribution in [0.4, 0.5) is 14.9 Å². The second-order valence-electron chi connectivity index (χ2n) is 8.86. The van der Waals surface area contributed by atoms with Gasteiger partial charge in [0.1, 0.15) is 16.2 Å². The Morgan fingerprint density at radius 2 is 1.90 bits per heavy atom. The van der Waals surface area contributed by atoms with Gasteiger partial charge in [-0.25, -0.2) is 17.6 Å². The minimum absolute atomic E-state index is 0.0576. The van der Waals surface area contributed by atoms with E-state index in [-0.39, 0.29) is 11.4 Å². The lowest BCUT2D eigenvalue weighted by molar-refractivity contribution is 0.0572. The lowest BCUT2D eigenvalue weighted by atomic mass is 9.85. The number of ether oxygens (including phenoxy) is 1. The maximum absolute atomic E-state index is 13.9. The van der Waals surface area contributed by atoms with E-state index in [0.717, 1.165) is 16.6 Å². The number of rotatable bonds is 2. The van der Waals surface area contributed by atoms with E-state index in [2.05, 4.69) is 21.2 Å². The third-order valence-electron chi connectivity index (χ3n) is 5.74. The molecule has 2 aromatic rings. The number of nitrogens with zero attached hydrogens (tertiary/aromatic N) is 1. The monoisotopic (exact) mass is 510 g/mol. The number of benzene rings is 2. The van der Waals surface area contributed by atoms with Crippen LogP contribution in [0.25, 0.3) is 0 Å². The predicted octanol–water partition coefficient (Wildman–Crippen LogP) is 4.37. The number of hydrogen-bond donors (Lipinski definition) is 1. The zero-order valence-electron chi connectivity index (χ0n) is 17.5. The highest BCUT2D eigenvalue weighted by Crippen LogP contribution is 2.51. The first-order chi connectivity index (χ1) is 14.5. The fourth-order valence-corrected chi connectivity index (χ4v) is 7.08. The lowest BCUT2D eigenvalue weighted by Gasteiger charge is -2.44. The van der Waals surface area contributed by atoms with Gasteiger partial charge in [0.05, 0.1) is 10.6 Å². The van der Waals surface area contributed by atoms with Gasteiger partial charge in [0.25, 0.3) is 0 Å². The number of halogens is 2. The largest absolute Gasteiger partial charge is 0.443 e. The Hall–Kier alpha value is -1.97. The molecule has 166 valence electrons. The summed E-state index contributed by atoms with van der Waals surface area (Å²) < 4.78 is 46.4. The van der Waals surface area contributed by atoms with E-state index in [4.69, 9.17) is 4.74 Å². The molecule has 1 amide bonds. The summed E-state index contributed by atoms with van der Waals surface area (Å²) in [5.41, 5.74) is 0.336. The van der Waals surface area contributed by atoms with Gasteiger partial charge in [0, 0.05) is 17.1 Å². The highest BCUT2D eigenvalue weighted by atomic mass is 79.9. The summed E-state index contributed by atoms with van der Waals surface area (Å²) in [7, 11) is -3.91. The van der Waals surface area contributed by atoms with Gasteiger partial charge in [0.2, 0.25) is 0 Å². The van der Waals surface area contributed by atoms with Crippen molar-refractivity contribution in [3.8, 4) is 0 Å². The normalized spacial score (nSPS) is 23.3. The molecule has 9 heteroatoms. The average molecular weight is 511 g/mol. The van der Waals surface area contributed by atoms with Gasteiger partial charge >= 0.3 is 6.09 Å². The van der Waals surface area contributed by atoms with Crippen LogP contribution in [0.3, 0.4) is 0 Å². The van der Waals surface area contributed by atoms with Crippen LogP contribution in [-0.2, 0) is 19.3 Å². The minimum atomic E-state index is -3.91. The third-order valence-corrected chi connectivity index (χ3v) is 8.79. The van der Waals surface area contributed by atoms with E-state index in [1.54, 1.807) is 39.0 Å². The fraction of sp³-hybridized carbons (Fsp3) is 0.409. The number of carbonyl (C=O) groups is 1. The Balaban J connectivity index is 1.90. The Morgan fingerprint density at radius 3 is 2.55 bits per heavy atom. The minimum Gasteiger partial charge on any atom is -0.443 e. The molecule has 0 aliphatic carbocycles. The molecule has 2 aromatic carbocycles. The molecule has 0 saturated carbocycles. The number of nitrogens with one attached hydrogen (secondary N) is 1. The predicted molar refractivity (Wildman–Crippen MR) is 119 cm³/mol. The quantitative estimate of drug-likeness (QED) is 0.606. The molecule has 0 spiro atoms. The van der Waals surface area contributed by atoms with Crippen molar-refractivity contribution >= 4 is 37.5 Å². The Bertz CT molecular complexity index is 1130. The fourth-order valence-electron chi connectivity index (χ4n) is 4.45. The van der Waals surface area contributed by atoms with Gasteiger partial charge in [-0.05, 0) is 75.7 Å². The second-order valence-corrected chi connectivity index (χ2v) is 12.0. The van der Waals surface area contributed by atoms with Gasteiger partial charge in [-0.15, -0.1) is 0 Å². The Morgan fingerprint density at radius 1 is 1.23 bits per heavy atom. The molecule has 2 atom stereocenters. The van der Waals surface area contributed by atoms with Crippen LogP contribution >= 0.6 is 15.9 Å². The van der Waals surface area contributed by atoms with Gasteiger partial charge in [-0.3, -0.25) is 4.90 Å². The summed E-state index contributed by atoms with van der Waals surface area (Å²) in [4.78, 5) is 14.6. The highest BCUT2D eigenvalue weighted by Gasteiger charge is 2.59. The molecule has 0 aromatic heterocycles. The first kappa shape index (κ1) is 22.2. The van der Waals surface area contributed by atoms with Crippen LogP contribution in [0, 0.1) is 5.82 Å². The van der Waals surface area contributed by atoms with E-state index in [9.17, 15) is 17.6 Å². The SMILES string of the molecule is CC(C)(C)OC(=O)N1CC2NCCC2(S(=O)(=O)c2ccc(F)cc2)c2ccc(Br)cc21. The lowest BCUT2D eigenvalue weighted by Crippen LogP contribution is -2.58. The second kappa shape index (κ2) is 7.56. The summed E-state index contributed by atoms with van der Waals surface area (Å²) in [6.45, 7) is 5.97. The van der Waals surface area contributed by atoms with Gasteiger partial charge < -0.3 is 10.1 Å². The van der Waals surface area contributed by atoms with E-state index in [1.165, 1.54) is 17.0 Å². The molecule has 2 unspecified atom stereocenters. The molecule has 31 heavy (non-hydrogen) atoms. The number of anilines is 1. The zero-order valence-corrected chi connectivity index (χ0v) is 19.9. The van der Waals surface area contributed by atoms with Crippen molar-refractivity contribution in [3.05, 3.63) is 58.3 Å². The molecular formula is C22H24BrFN2O4S. The summed E-state index contributed by atoms with van der Waals surface area (Å²) >= 11 is 3.44. The maximum Gasteiger partial charge on any atom is 0.414 e. The van der Waals surface area contributed by atoms with E-state index in [0.29, 0.717) is 24.2 Å². The van der Waals surface area contributed by atoms with E-state index in [1.807, 2.05) is 0 Å². The summed E-state index contributed by atoms with van der Waals surface area (Å²) in [5.74, 6) is -0.498. The zero-order chi connectivity index (χ0) is 22.6. The van der Waals surface area contributed by atoms with Crippen LogP contribution in [0.5, 0.6) is 0 Å². The highest BCUT2D eigenvalue weighted by molar-refractivity contribution is 9.10. The Kier molecular flexibility index (Phi) is 5.43. The molecule has 0 bridgehead atoms. The molecule has 2 aliphatic rings. The molecular weight excluding hydrogens is 487 g/mol. The Labute approximate surface area is 189 Å². The van der Waals surface area contributed by atoms with Crippen molar-refractivity contribution < 1.29 is 22.3 Å². The molecule has 1 N–H and O–H groups in total. The first-order valence-corrected chi connectivity index (χ1v) is 12.3. The number of hydrogen-bond acceptors (Lipinski definition) is 5. The van der Waals surface area contributed by atoms with Gasteiger partial charge in [-0.2, -0.15) is 0 Å². The van der Waals surface area contributed by atoms with Crippen molar-refractivity contribution in [2.75, 3.05) is 18.0 Å². The van der Waals surface area contributed by atoms with Crippen LogP contribution in [-0.4, -0.2) is 39.2 Å². The van der Waals surface area contributed by atoms with Crippen LogP contribution < -0.4 is 10.2 Å². The number of sulfone groups is 1. The van der Waals surface area contributed by atoms with E-state index < -0.39 is 38.1 Å². The number of carbonyl (C=O) groups excluding carboxylic acids is 1. The molecule has 2 aliphatic heterocycles. The summed E-state index contributed by atoms with van der Waals surface area (Å²) in [5, 5.41) is 3.28. The molecule has 1 saturated heterocycles. The third kappa shape index (κ3) is 3.66. The van der Waals surface area contributed by atoms with Gasteiger partial charge in [-0.1, -0.05) is 22.0 Å². The summed E-state index contributed by atoms with van der Waals surface area (Å²) in [6, 6.07) is 9.63. The van der Waals surface area contributed by atoms with Gasteiger partial charge in [0.15, 0.2) is 9.84 Å². The molecule has 6 nitrogen and oxygen atoms in total. The van der Waals surface area contributed by atoms with Crippen molar-refractivity contribution in [1.82, 2.24) is 5.32 Å². The van der Waals surface area contributed by atoms with Crippen molar-refractivity contribution in [3.63, 3.8) is 0 Å². The maximum atomic E-state index is 13.9. The number of fused-ring (bicyclic) bond motifs is 3. The molecule has 4 rings (SSSR count). The molecule has 0 radical (unpaired) electrons. The first-order valence-electron chi connectivity index (χ1n) is 10.00. The van der Waals surface area contributed by atoms with Crippen molar-refractivity contribution in [1.29, 1.82) is 0 Å². The molecule has 2 heterocycles. The van der Waals surface area contributed by atoms with Crippen LogP contribution in [0.1, 0.15) is 32.8 Å². The standard InChI is InChI=1S/C22H24BrFN2O4S/c1-21(2,3)30-20(27)26-13-19-22(10-11-25-19,17-9-4-14(23)12-18(17)26)31(28,29)16-7-5-15(24)6-8-16/h4-9,12,19,25H,10-11,13H2,1-3H3. The van der Waals surface area contributed by atoms with Crippen LogP contribution in [0.2, 0.25) is 0 Å². The smallest absolute Gasteiger partial charge is 0.414 e. The topological polar surface area (TPSA) is 75.7 Å². The van der Waals surface area contributed by atoms with Crippen molar-refractivity contribution in [2.45, 2.75) is 48.5 Å². The number of amides is 1.